The van der Waals surface area contributed by atoms with Crippen molar-refractivity contribution < 1.29 is 15.0 Å². The lowest BCUT2D eigenvalue weighted by atomic mass is 10.0. The standard InChI is InChI=1S/C11H14O3.C2H6/c1-3-4-9(11(13)14)10-6-8(12)5-7(10)2;1-2/h3-4,8,12H,2,5-6H2,1H3,(H,13,14);1-2H3/b4-3-,10-9+;. The van der Waals surface area contributed by atoms with E-state index in [1.54, 1.807) is 19.1 Å². The first-order valence-electron chi connectivity index (χ1n) is 5.51. The average Bonchev–Trinajstić information content (AvgIpc) is 2.57. The van der Waals surface area contributed by atoms with Gasteiger partial charge in [0.15, 0.2) is 0 Å². The third-order valence-electron chi connectivity index (χ3n) is 2.24. The number of hydrogen-bond donors (Lipinski definition) is 2. The minimum atomic E-state index is -0.964. The smallest absolute Gasteiger partial charge is 0.335 e. The van der Waals surface area contributed by atoms with Gasteiger partial charge in [-0.25, -0.2) is 4.79 Å². The molecule has 0 saturated heterocycles. The Morgan fingerprint density at radius 1 is 1.44 bits per heavy atom. The molecule has 1 atom stereocenters. The predicted molar refractivity (Wildman–Crippen MR) is 65.2 cm³/mol. The monoisotopic (exact) mass is 224 g/mol. The fraction of sp³-hybridized carbons (Fsp3) is 0.462. The lowest BCUT2D eigenvalue weighted by Gasteiger charge is -2.02. The van der Waals surface area contributed by atoms with Crippen LogP contribution in [0.25, 0.3) is 0 Å². The Kier molecular flexibility index (Phi) is 6.42. The third kappa shape index (κ3) is 3.66. The van der Waals surface area contributed by atoms with E-state index in [-0.39, 0.29) is 5.57 Å². The Hall–Kier alpha value is -1.35. The van der Waals surface area contributed by atoms with Gasteiger partial charge in [-0.1, -0.05) is 32.6 Å². The van der Waals surface area contributed by atoms with Gasteiger partial charge in [-0.15, -0.1) is 0 Å². The molecule has 0 aromatic heterocycles. The Balaban J connectivity index is 0.00000106. The number of aliphatic hydroxyl groups excluding tert-OH is 1. The molecule has 0 radical (unpaired) electrons. The molecule has 1 aliphatic carbocycles. The summed E-state index contributed by atoms with van der Waals surface area (Å²) in [6.45, 7) is 9.52. The van der Waals surface area contributed by atoms with Crippen LogP contribution in [0.2, 0.25) is 0 Å². The molecule has 1 unspecified atom stereocenters. The van der Waals surface area contributed by atoms with Crippen LogP contribution in [0.5, 0.6) is 0 Å². The molecule has 0 bridgehead atoms. The van der Waals surface area contributed by atoms with Gasteiger partial charge in [-0.2, -0.15) is 0 Å². The molecule has 0 amide bonds. The van der Waals surface area contributed by atoms with E-state index in [1.807, 2.05) is 13.8 Å². The van der Waals surface area contributed by atoms with Gasteiger partial charge < -0.3 is 10.2 Å². The molecule has 0 aromatic rings. The van der Waals surface area contributed by atoms with Crippen LogP contribution in [0.4, 0.5) is 0 Å². The van der Waals surface area contributed by atoms with E-state index in [0.29, 0.717) is 18.4 Å². The fourth-order valence-electron chi connectivity index (χ4n) is 1.63. The summed E-state index contributed by atoms with van der Waals surface area (Å²) in [4.78, 5) is 10.9. The second-order valence-corrected chi connectivity index (χ2v) is 3.36. The van der Waals surface area contributed by atoms with E-state index in [0.717, 1.165) is 5.57 Å². The van der Waals surface area contributed by atoms with Crippen molar-refractivity contribution in [1.82, 2.24) is 0 Å². The molecular weight excluding hydrogens is 204 g/mol. The number of carbonyl (C=O) groups is 1. The first kappa shape index (κ1) is 14.6. The van der Waals surface area contributed by atoms with Crippen molar-refractivity contribution in [2.75, 3.05) is 0 Å². The summed E-state index contributed by atoms with van der Waals surface area (Å²) in [5, 5.41) is 18.3. The lowest BCUT2D eigenvalue weighted by molar-refractivity contribution is -0.132. The van der Waals surface area contributed by atoms with Gasteiger partial charge in [0.2, 0.25) is 0 Å². The largest absolute Gasteiger partial charge is 0.478 e. The SMILES string of the molecule is C=C1CC(O)C/C1=C(/C=C\C)C(=O)O.CC. The van der Waals surface area contributed by atoms with Gasteiger partial charge in [0.1, 0.15) is 0 Å². The molecule has 3 nitrogen and oxygen atoms in total. The van der Waals surface area contributed by atoms with E-state index >= 15 is 0 Å². The van der Waals surface area contributed by atoms with Crippen molar-refractivity contribution in [3.05, 3.63) is 35.5 Å². The van der Waals surface area contributed by atoms with Crippen LogP contribution in [0, 0.1) is 0 Å². The Morgan fingerprint density at radius 3 is 2.31 bits per heavy atom. The summed E-state index contributed by atoms with van der Waals surface area (Å²) in [6, 6.07) is 0. The number of aliphatic carboxylic acids is 1. The number of carboxylic acids is 1. The van der Waals surface area contributed by atoms with Gasteiger partial charge in [0, 0.05) is 0 Å². The molecule has 0 aliphatic heterocycles. The number of rotatable bonds is 2. The molecule has 2 N–H and O–H groups in total. The van der Waals surface area contributed by atoms with Crippen LogP contribution in [0.15, 0.2) is 35.5 Å². The number of hydrogen-bond acceptors (Lipinski definition) is 2. The van der Waals surface area contributed by atoms with Gasteiger partial charge in [0.25, 0.3) is 0 Å². The molecule has 1 rings (SSSR count). The molecule has 90 valence electrons. The van der Waals surface area contributed by atoms with E-state index < -0.39 is 12.1 Å². The zero-order valence-electron chi connectivity index (χ0n) is 10.2. The molecular formula is C13H20O3. The van der Waals surface area contributed by atoms with E-state index in [1.165, 1.54) is 0 Å². The molecule has 3 heteroatoms. The molecule has 0 heterocycles. The van der Waals surface area contributed by atoms with Gasteiger partial charge in [0.05, 0.1) is 11.7 Å². The minimum absolute atomic E-state index is 0.244. The molecule has 1 fully saturated rings. The summed E-state index contributed by atoms with van der Waals surface area (Å²) in [6.07, 6.45) is 3.61. The summed E-state index contributed by atoms with van der Waals surface area (Å²) in [7, 11) is 0. The maximum absolute atomic E-state index is 10.9. The Morgan fingerprint density at radius 2 is 2.00 bits per heavy atom. The highest BCUT2D eigenvalue weighted by Crippen LogP contribution is 2.32. The quantitative estimate of drug-likeness (QED) is 0.709. The van der Waals surface area contributed by atoms with Gasteiger partial charge in [-0.05, 0) is 30.9 Å². The van der Waals surface area contributed by atoms with Gasteiger partial charge in [-0.3, -0.25) is 0 Å². The third-order valence-corrected chi connectivity index (χ3v) is 2.24. The molecule has 1 saturated carbocycles. The van der Waals surface area contributed by atoms with Crippen molar-refractivity contribution in [3.8, 4) is 0 Å². The summed E-state index contributed by atoms with van der Waals surface area (Å²) >= 11 is 0. The zero-order valence-corrected chi connectivity index (χ0v) is 10.2. The molecule has 16 heavy (non-hydrogen) atoms. The van der Waals surface area contributed by atoms with Crippen LogP contribution >= 0.6 is 0 Å². The highest BCUT2D eigenvalue weighted by molar-refractivity contribution is 5.92. The number of carboxylic acid groups (broad SMARTS) is 1. The summed E-state index contributed by atoms with van der Waals surface area (Å²) in [5.41, 5.74) is 1.64. The lowest BCUT2D eigenvalue weighted by Crippen LogP contribution is -2.02. The maximum atomic E-state index is 10.9. The maximum Gasteiger partial charge on any atom is 0.335 e. The van der Waals surface area contributed by atoms with Crippen molar-refractivity contribution in [2.45, 2.75) is 39.7 Å². The van der Waals surface area contributed by atoms with Crippen LogP contribution in [0.1, 0.15) is 33.6 Å². The van der Waals surface area contributed by atoms with Crippen LogP contribution in [0.3, 0.4) is 0 Å². The summed E-state index contributed by atoms with van der Waals surface area (Å²) < 4.78 is 0. The summed E-state index contributed by atoms with van der Waals surface area (Å²) in [5.74, 6) is -0.964. The minimum Gasteiger partial charge on any atom is -0.478 e. The second-order valence-electron chi connectivity index (χ2n) is 3.36. The van der Waals surface area contributed by atoms with E-state index in [2.05, 4.69) is 6.58 Å². The fourth-order valence-corrected chi connectivity index (χ4v) is 1.63. The highest BCUT2D eigenvalue weighted by Gasteiger charge is 2.24. The van der Waals surface area contributed by atoms with Crippen LogP contribution < -0.4 is 0 Å². The van der Waals surface area contributed by atoms with Crippen LogP contribution in [-0.4, -0.2) is 22.3 Å². The van der Waals surface area contributed by atoms with Crippen molar-refractivity contribution >= 4 is 5.97 Å². The first-order valence-corrected chi connectivity index (χ1v) is 5.51. The molecule has 0 spiro atoms. The normalized spacial score (nSPS) is 23.0. The number of aliphatic hydroxyl groups is 1. The zero-order chi connectivity index (χ0) is 12.7. The predicted octanol–water partition coefficient (Wildman–Crippen LogP) is 2.68. The van der Waals surface area contributed by atoms with Crippen molar-refractivity contribution in [2.24, 2.45) is 0 Å². The number of allylic oxidation sites excluding steroid dienone is 1. The van der Waals surface area contributed by atoms with E-state index in [4.69, 9.17) is 5.11 Å². The highest BCUT2D eigenvalue weighted by atomic mass is 16.4. The van der Waals surface area contributed by atoms with E-state index in [9.17, 15) is 9.90 Å². The second kappa shape index (κ2) is 7.01. The molecule has 0 aromatic carbocycles. The first-order chi connectivity index (χ1) is 7.56. The Labute approximate surface area is 96.8 Å². The molecule has 1 aliphatic rings. The Bertz CT molecular complexity index is 324. The van der Waals surface area contributed by atoms with Crippen LogP contribution in [-0.2, 0) is 4.79 Å². The topological polar surface area (TPSA) is 57.5 Å². The average molecular weight is 224 g/mol. The van der Waals surface area contributed by atoms with Gasteiger partial charge >= 0.3 is 5.97 Å². The van der Waals surface area contributed by atoms with Crippen molar-refractivity contribution in [3.63, 3.8) is 0 Å². The van der Waals surface area contributed by atoms with Crippen molar-refractivity contribution in [1.29, 1.82) is 0 Å².